The molecule has 0 aromatic heterocycles. The Morgan fingerprint density at radius 1 is 0.739 bits per heavy atom. The van der Waals surface area contributed by atoms with Crippen molar-refractivity contribution in [3.05, 3.63) is 0 Å². The summed E-state index contributed by atoms with van der Waals surface area (Å²) in [5, 5.41) is 9.27. The van der Waals surface area contributed by atoms with Gasteiger partial charge < -0.3 is 5.11 Å². The van der Waals surface area contributed by atoms with Gasteiger partial charge in [0.15, 0.2) is 0 Å². The quantitative estimate of drug-likeness (QED) is 0.287. The molecule has 2 nitrogen and oxygen atoms in total. The van der Waals surface area contributed by atoms with Crippen molar-refractivity contribution in [3.8, 4) is 0 Å². The number of hydrogen-bond acceptors (Lipinski definition) is 1. The van der Waals surface area contributed by atoms with E-state index in [1.54, 1.807) is 0 Å². The number of carbonyl (C=O) groups is 1. The number of carboxylic acid groups (broad SMARTS) is 1. The molecule has 0 fully saturated rings. The lowest BCUT2D eigenvalue weighted by atomic mass is 9.87. The molecule has 138 valence electrons. The van der Waals surface area contributed by atoms with Crippen LogP contribution in [0.15, 0.2) is 0 Å². The summed E-state index contributed by atoms with van der Waals surface area (Å²) in [6.45, 7) is 6.43. The maximum absolute atomic E-state index is 11.2. The lowest BCUT2D eigenvalue weighted by molar-refractivity contribution is -0.143. The number of hydrogen-bond donors (Lipinski definition) is 1. The molecule has 0 saturated carbocycles. The predicted octanol–water partition coefficient (Wildman–Crippen LogP) is 7.21. The Morgan fingerprint density at radius 3 is 1.48 bits per heavy atom. The van der Waals surface area contributed by atoms with Crippen LogP contribution in [0.25, 0.3) is 0 Å². The van der Waals surface area contributed by atoms with Crippen molar-refractivity contribution < 1.29 is 9.90 Å². The van der Waals surface area contributed by atoms with Gasteiger partial charge in [0.1, 0.15) is 0 Å². The van der Waals surface area contributed by atoms with Crippen LogP contribution in [0.4, 0.5) is 0 Å². The van der Waals surface area contributed by atoms with Gasteiger partial charge in [-0.15, -0.1) is 0 Å². The number of carboxylic acids is 1. The summed E-state index contributed by atoms with van der Waals surface area (Å²) in [5.74, 6) is -0.421. The van der Waals surface area contributed by atoms with Crippen LogP contribution in [0.5, 0.6) is 0 Å². The summed E-state index contributed by atoms with van der Waals surface area (Å²) >= 11 is 0. The van der Waals surface area contributed by atoms with Gasteiger partial charge in [-0.05, 0) is 12.3 Å². The molecule has 0 spiro atoms. The second-order valence-corrected chi connectivity index (χ2v) is 7.36. The van der Waals surface area contributed by atoms with Crippen LogP contribution in [-0.2, 0) is 4.79 Å². The topological polar surface area (TPSA) is 37.3 Å². The first kappa shape index (κ1) is 22.5. The molecule has 0 rings (SSSR count). The minimum atomic E-state index is -0.599. The van der Waals surface area contributed by atoms with Crippen LogP contribution >= 0.6 is 0 Å². The maximum atomic E-state index is 11.2. The standard InChI is InChI=1S/C21H42O2/c1-4-6-7-8-9-10-11-12-13-14-15-16-17-18-20(21(22)23)19(3)5-2/h19-20H,4-18H2,1-3H3,(H,22,23). The Balaban J connectivity index is 3.34. The van der Waals surface area contributed by atoms with Crippen LogP contribution in [0, 0.1) is 11.8 Å². The molecule has 0 aliphatic rings. The van der Waals surface area contributed by atoms with Crippen LogP contribution in [0.2, 0.25) is 0 Å². The summed E-state index contributed by atoms with van der Waals surface area (Å²) in [5.41, 5.74) is 0. The Labute approximate surface area is 145 Å². The monoisotopic (exact) mass is 326 g/mol. The SMILES string of the molecule is CCCCCCCCCCCCCCCC(C(=O)O)C(C)CC. The minimum Gasteiger partial charge on any atom is -0.481 e. The molecule has 0 aromatic rings. The molecular weight excluding hydrogens is 284 g/mol. The molecule has 0 aliphatic heterocycles. The molecule has 2 unspecified atom stereocenters. The maximum Gasteiger partial charge on any atom is 0.306 e. The largest absolute Gasteiger partial charge is 0.481 e. The summed E-state index contributed by atoms with van der Waals surface area (Å²) in [6, 6.07) is 0. The lowest BCUT2D eigenvalue weighted by Gasteiger charge is -2.18. The highest BCUT2D eigenvalue weighted by atomic mass is 16.4. The molecule has 0 aliphatic carbocycles. The highest BCUT2D eigenvalue weighted by Gasteiger charge is 2.22. The minimum absolute atomic E-state index is 0.132. The van der Waals surface area contributed by atoms with E-state index in [4.69, 9.17) is 0 Å². The van der Waals surface area contributed by atoms with E-state index >= 15 is 0 Å². The van der Waals surface area contributed by atoms with Gasteiger partial charge in [-0.1, -0.05) is 111 Å². The smallest absolute Gasteiger partial charge is 0.306 e. The molecular formula is C21H42O2. The summed E-state index contributed by atoms with van der Waals surface area (Å²) < 4.78 is 0. The lowest BCUT2D eigenvalue weighted by Crippen LogP contribution is -2.21. The van der Waals surface area contributed by atoms with E-state index in [1.807, 2.05) is 0 Å². The number of unbranched alkanes of at least 4 members (excludes halogenated alkanes) is 12. The molecule has 2 heteroatoms. The first-order valence-corrected chi connectivity index (χ1v) is 10.4. The normalized spacial score (nSPS) is 13.9. The van der Waals surface area contributed by atoms with E-state index in [0.29, 0.717) is 5.92 Å². The van der Waals surface area contributed by atoms with Crippen molar-refractivity contribution in [2.75, 3.05) is 0 Å². The third kappa shape index (κ3) is 13.6. The van der Waals surface area contributed by atoms with Crippen molar-refractivity contribution in [2.45, 2.75) is 117 Å². The van der Waals surface area contributed by atoms with Gasteiger partial charge in [0.2, 0.25) is 0 Å². The van der Waals surface area contributed by atoms with Crippen LogP contribution in [0.1, 0.15) is 117 Å². The van der Waals surface area contributed by atoms with Crippen LogP contribution in [0.3, 0.4) is 0 Å². The number of aliphatic carboxylic acids is 1. The van der Waals surface area contributed by atoms with Crippen molar-refractivity contribution >= 4 is 5.97 Å². The molecule has 0 radical (unpaired) electrons. The molecule has 0 saturated heterocycles. The Morgan fingerprint density at radius 2 is 1.13 bits per heavy atom. The second kappa shape index (κ2) is 16.3. The molecule has 0 heterocycles. The zero-order chi connectivity index (χ0) is 17.3. The molecule has 0 aromatic carbocycles. The van der Waals surface area contributed by atoms with Gasteiger partial charge in [-0.2, -0.15) is 0 Å². The van der Waals surface area contributed by atoms with Gasteiger partial charge >= 0.3 is 5.97 Å². The number of rotatable bonds is 17. The third-order valence-electron chi connectivity index (χ3n) is 5.27. The molecule has 0 bridgehead atoms. The van der Waals surface area contributed by atoms with Crippen molar-refractivity contribution in [1.29, 1.82) is 0 Å². The molecule has 0 amide bonds. The zero-order valence-corrected chi connectivity index (χ0v) is 16.1. The van der Waals surface area contributed by atoms with E-state index in [9.17, 15) is 9.90 Å². The van der Waals surface area contributed by atoms with E-state index in [1.165, 1.54) is 77.0 Å². The zero-order valence-electron chi connectivity index (χ0n) is 16.1. The van der Waals surface area contributed by atoms with Gasteiger partial charge in [0, 0.05) is 0 Å². The van der Waals surface area contributed by atoms with Gasteiger partial charge in [0.05, 0.1) is 5.92 Å². The van der Waals surface area contributed by atoms with E-state index < -0.39 is 5.97 Å². The Bertz CT molecular complexity index is 263. The highest BCUT2D eigenvalue weighted by Crippen LogP contribution is 2.22. The van der Waals surface area contributed by atoms with Crippen molar-refractivity contribution in [1.82, 2.24) is 0 Å². The van der Waals surface area contributed by atoms with Crippen LogP contribution in [-0.4, -0.2) is 11.1 Å². The average molecular weight is 327 g/mol. The fraction of sp³-hybridized carbons (Fsp3) is 0.952. The van der Waals surface area contributed by atoms with Crippen LogP contribution < -0.4 is 0 Å². The Kier molecular flexibility index (Phi) is 16.0. The fourth-order valence-corrected chi connectivity index (χ4v) is 3.32. The second-order valence-electron chi connectivity index (χ2n) is 7.36. The fourth-order valence-electron chi connectivity index (χ4n) is 3.32. The first-order valence-electron chi connectivity index (χ1n) is 10.4. The van der Waals surface area contributed by atoms with E-state index in [-0.39, 0.29) is 5.92 Å². The van der Waals surface area contributed by atoms with Crippen molar-refractivity contribution in [3.63, 3.8) is 0 Å². The van der Waals surface area contributed by atoms with Gasteiger partial charge in [-0.3, -0.25) is 4.79 Å². The first-order chi connectivity index (χ1) is 11.1. The summed E-state index contributed by atoms with van der Waals surface area (Å²) in [7, 11) is 0. The average Bonchev–Trinajstić information content (AvgIpc) is 2.54. The van der Waals surface area contributed by atoms with Gasteiger partial charge in [0.25, 0.3) is 0 Å². The van der Waals surface area contributed by atoms with E-state index in [2.05, 4.69) is 20.8 Å². The molecule has 23 heavy (non-hydrogen) atoms. The summed E-state index contributed by atoms with van der Waals surface area (Å²) in [6.07, 6.45) is 19.3. The van der Waals surface area contributed by atoms with Gasteiger partial charge in [-0.25, -0.2) is 0 Å². The Hall–Kier alpha value is -0.530. The molecule has 1 N–H and O–H groups in total. The van der Waals surface area contributed by atoms with E-state index in [0.717, 1.165) is 19.3 Å². The third-order valence-corrected chi connectivity index (χ3v) is 5.27. The van der Waals surface area contributed by atoms with Crippen molar-refractivity contribution in [2.24, 2.45) is 11.8 Å². The summed E-state index contributed by atoms with van der Waals surface area (Å²) in [4.78, 5) is 11.2. The highest BCUT2D eigenvalue weighted by molar-refractivity contribution is 5.70. The predicted molar refractivity (Wildman–Crippen MR) is 101 cm³/mol. The molecule has 2 atom stereocenters.